The Bertz CT molecular complexity index is 603. The van der Waals surface area contributed by atoms with Gasteiger partial charge in [-0.1, -0.05) is 6.92 Å². The molecule has 6 heteroatoms. The van der Waals surface area contributed by atoms with Crippen molar-refractivity contribution >= 4 is 0 Å². The minimum atomic E-state index is 0.0544. The monoisotopic (exact) mass is 289 g/mol. The van der Waals surface area contributed by atoms with Crippen LogP contribution in [0.1, 0.15) is 68.7 Å². The fourth-order valence-electron chi connectivity index (χ4n) is 3.02. The number of aryl methyl sites for hydroxylation is 2. The maximum absolute atomic E-state index is 5.64. The van der Waals surface area contributed by atoms with Crippen molar-refractivity contribution in [1.29, 1.82) is 0 Å². The Morgan fingerprint density at radius 1 is 1.43 bits per heavy atom. The zero-order valence-corrected chi connectivity index (χ0v) is 13.0. The minimum Gasteiger partial charge on any atom is -0.424 e. The molecule has 0 unspecified atom stereocenters. The molecule has 0 saturated carbocycles. The Hall–Kier alpha value is -1.69. The SMILES string of the molecule is CCc1nnc([C@@H](C)N[C@H]2CCCc3c2cnn3CC)o1. The topological polar surface area (TPSA) is 68.8 Å². The molecule has 0 radical (unpaired) electrons. The molecule has 6 nitrogen and oxygen atoms in total. The number of hydrogen-bond donors (Lipinski definition) is 1. The van der Waals surface area contributed by atoms with Crippen molar-refractivity contribution in [3.63, 3.8) is 0 Å². The molecule has 21 heavy (non-hydrogen) atoms. The van der Waals surface area contributed by atoms with Gasteiger partial charge >= 0.3 is 0 Å². The minimum absolute atomic E-state index is 0.0544. The summed E-state index contributed by atoms with van der Waals surface area (Å²) in [4.78, 5) is 0. The average Bonchev–Trinajstić information content (AvgIpc) is 3.14. The highest BCUT2D eigenvalue weighted by molar-refractivity contribution is 5.25. The predicted molar refractivity (Wildman–Crippen MR) is 78.8 cm³/mol. The van der Waals surface area contributed by atoms with Gasteiger partial charge in [-0.3, -0.25) is 10.00 Å². The summed E-state index contributed by atoms with van der Waals surface area (Å²) in [5.41, 5.74) is 2.69. The molecule has 0 aromatic carbocycles. The van der Waals surface area contributed by atoms with Crippen molar-refractivity contribution < 1.29 is 4.42 Å². The standard InChI is InChI=1S/C15H23N5O/c1-4-14-18-19-15(21-14)10(3)17-12-7-6-8-13-11(12)9-16-20(13)5-2/h9-10,12,17H,4-8H2,1-3H3/t10-,12+/m1/s1. The van der Waals surface area contributed by atoms with Crippen LogP contribution in [0, 0.1) is 0 Å². The first-order valence-electron chi connectivity index (χ1n) is 7.85. The molecule has 2 heterocycles. The average molecular weight is 289 g/mol. The lowest BCUT2D eigenvalue weighted by Gasteiger charge is -2.26. The van der Waals surface area contributed by atoms with E-state index < -0.39 is 0 Å². The normalized spacial score (nSPS) is 19.5. The molecule has 2 atom stereocenters. The molecule has 3 rings (SSSR count). The number of hydrogen-bond acceptors (Lipinski definition) is 5. The van der Waals surface area contributed by atoms with Gasteiger partial charge in [0.15, 0.2) is 0 Å². The maximum Gasteiger partial charge on any atom is 0.233 e. The molecule has 1 aliphatic carbocycles. The highest BCUT2D eigenvalue weighted by Gasteiger charge is 2.26. The fourth-order valence-corrected chi connectivity index (χ4v) is 3.02. The summed E-state index contributed by atoms with van der Waals surface area (Å²) in [6, 6.07) is 0.375. The third-order valence-electron chi connectivity index (χ3n) is 4.17. The summed E-state index contributed by atoms with van der Waals surface area (Å²) >= 11 is 0. The fraction of sp³-hybridized carbons (Fsp3) is 0.667. The van der Waals surface area contributed by atoms with Crippen LogP contribution >= 0.6 is 0 Å². The molecule has 0 fully saturated rings. The Kier molecular flexibility index (Phi) is 4.05. The van der Waals surface area contributed by atoms with Gasteiger partial charge in [-0.05, 0) is 33.1 Å². The summed E-state index contributed by atoms with van der Waals surface area (Å²) in [6.45, 7) is 7.16. The van der Waals surface area contributed by atoms with Crippen LogP contribution in [0.5, 0.6) is 0 Å². The van der Waals surface area contributed by atoms with Gasteiger partial charge < -0.3 is 4.42 Å². The lowest BCUT2D eigenvalue weighted by atomic mass is 9.92. The Morgan fingerprint density at radius 3 is 3.00 bits per heavy atom. The molecule has 0 aliphatic heterocycles. The maximum atomic E-state index is 5.64. The van der Waals surface area contributed by atoms with Crippen LogP contribution in [-0.4, -0.2) is 20.0 Å². The summed E-state index contributed by atoms with van der Waals surface area (Å²) in [6.07, 6.45) is 6.22. The van der Waals surface area contributed by atoms with E-state index in [1.807, 2.05) is 13.1 Å². The second-order valence-electron chi connectivity index (χ2n) is 5.58. The van der Waals surface area contributed by atoms with E-state index in [4.69, 9.17) is 4.42 Å². The molecule has 0 amide bonds. The third-order valence-corrected chi connectivity index (χ3v) is 4.17. The molecule has 1 N–H and O–H groups in total. The van der Waals surface area contributed by atoms with Crippen molar-refractivity contribution in [3.8, 4) is 0 Å². The van der Waals surface area contributed by atoms with Crippen LogP contribution in [-0.2, 0) is 19.4 Å². The van der Waals surface area contributed by atoms with Gasteiger partial charge in [-0.15, -0.1) is 10.2 Å². The molecule has 114 valence electrons. The molecule has 1 aliphatic rings. The van der Waals surface area contributed by atoms with Gasteiger partial charge in [0.25, 0.3) is 0 Å². The molecule has 0 spiro atoms. The number of fused-ring (bicyclic) bond motifs is 1. The van der Waals surface area contributed by atoms with E-state index >= 15 is 0 Å². The van der Waals surface area contributed by atoms with Crippen LogP contribution in [0.2, 0.25) is 0 Å². The van der Waals surface area contributed by atoms with Crippen molar-refractivity contribution in [1.82, 2.24) is 25.3 Å². The van der Waals surface area contributed by atoms with E-state index in [-0.39, 0.29) is 6.04 Å². The summed E-state index contributed by atoms with van der Waals surface area (Å²) in [5.74, 6) is 1.36. The Labute approximate surface area is 124 Å². The summed E-state index contributed by atoms with van der Waals surface area (Å²) < 4.78 is 7.75. The van der Waals surface area contributed by atoms with Crippen molar-refractivity contribution in [2.75, 3.05) is 0 Å². The summed E-state index contributed by atoms with van der Waals surface area (Å²) in [5, 5.41) is 16.3. The number of aromatic nitrogens is 4. The number of nitrogens with one attached hydrogen (secondary N) is 1. The first kappa shape index (κ1) is 14.3. The highest BCUT2D eigenvalue weighted by Crippen LogP contribution is 2.31. The van der Waals surface area contributed by atoms with E-state index in [2.05, 4.69) is 39.1 Å². The quantitative estimate of drug-likeness (QED) is 0.916. The van der Waals surface area contributed by atoms with Gasteiger partial charge in [0.05, 0.1) is 12.2 Å². The van der Waals surface area contributed by atoms with Crippen molar-refractivity contribution in [2.45, 2.75) is 65.1 Å². The van der Waals surface area contributed by atoms with E-state index in [9.17, 15) is 0 Å². The lowest BCUT2D eigenvalue weighted by molar-refractivity contribution is 0.347. The Morgan fingerprint density at radius 2 is 2.29 bits per heavy atom. The first-order chi connectivity index (χ1) is 10.2. The highest BCUT2D eigenvalue weighted by atomic mass is 16.4. The third kappa shape index (κ3) is 2.72. The zero-order valence-electron chi connectivity index (χ0n) is 13.0. The smallest absolute Gasteiger partial charge is 0.233 e. The van der Waals surface area contributed by atoms with Crippen LogP contribution in [0.4, 0.5) is 0 Å². The van der Waals surface area contributed by atoms with Gasteiger partial charge in [-0.2, -0.15) is 5.10 Å². The molecule has 2 aromatic rings. The van der Waals surface area contributed by atoms with E-state index in [0.717, 1.165) is 25.8 Å². The van der Waals surface area contributed by atoms with E-state index in [1.54, 1.807) is 0 Å². The number of rotatable bonds is 5. The van der Waals surface area contributed by atoms with Crippen LogP contribution < -0.4 is 5.32 Å². The predicted octanol–water partition coefficient (Wildman–Crippen LogP) is 2.58. The van der Waals surface area contributed by atoms with Crippen LogP contribution in [0.15, 0.2) is 10.6 Å². The van der Waals surface area contributed by atoms with Gasteiger partial charge in [0.2, 0.25) is 11.8 Å². The van der Waals surface area contributed by atoms with E-state index in [0.29, 0.717) is 17.8 Å². The van der Waals surface area contributed by atoms with Crippen LogP contribution in [0.25, 0.3) is 0 Å². The van der Waals surface area contributed by atoms with Crippen molar-refractivity contribution in [3.05, 3.63) is 29.2 Å². The zero-order chi connectivity index (χ0) is 14.8. The molecule has 2 aromatic heterocycles. The molecular formula is C15H23N5O. The number of nitrogens with zero attached hydrogens (tertiary/aromatic N) is 4. The molecular weight excluding hydrogens is 266 g/mol. The molecule has 0 saturated heterocycles. The van der Waals surface area contributed by atoms with Gasteiger partial charge in [0.1, 0.15) is 0 Å². The largest absolute Gasteiger partial charge is 0.424 e. The van der Waals surface area contributed by atoms with Crippen molar-refractivity contribution in [2.24, 2.45) is 0 Å². The van der Waals surface area contributed by atoms with Crippen LogP contribution in [0.3, 0.4) is 0 Å². The lowest BCUT2D eigenvalue weighted by Crippen LogP contribution is -2.28. The van der Waals surface area contributed by atoms with E-state index in [1.165, 1.54) is 17.7 Å². The second-order valence-corrected chi connectivity index (χ2v) is 5.58. The van der Waals surface area contributed by atoms with Gasteiger partial charge in [-0.25, -0.2) is 0 Å². The Balaban J connectivity index is 1.75. The van der Waals surface area contributed by atoms with Gasteiger partial charge in [0, 0.05) is 30.3 Å². The first-order valence-corrected chi connectivity index (χ1v) is 7.85. The second kappa shape index (κ2) is 5.97. The molecule has 0 bridgehead atoms. The summed E-state index contributed by atoms with van der Waals surface area (Å²) in [7, 11) is 0.